The molecule has 0 heterocycles. The summed E-state index contributed by atoms with van der Waals surface area (Å²) in [7, 11) is 0. The van der Waals surface area contributed by atoms with Crippen LogP contribution in [0.4, 0.5) is 0 Å². The van der Waals surface area contributed by atoms with Crippen LogP contribution in [0.25, 0.3) is 0 Å². The molecule has 0 radical (unpaired) electrons. The number of rotatable bonds is 4. The third kappa shape index (κ3) is 2.08. The molecule has 1 aliphatic carbocycles. The van der Waals surface area contributed by atoms with E-state index in [0.717, 1.165) is 17.7 Å². The fourth-order valence-electron chi connectivity index (χ4n) is 1.40. The van der Waals surface area contributed by atoms with Crippen molar-refractivity contribution in [2.24, 2.45) is 11.8 Å². The molecule has 0 aromatic carbocycles. The second-order valence-corrected chi connectivity index (χ2v) is 3.84. The highest BCUT2D eigenvalue weighted by Crippen LogP contribution is 2.42. The third-order valence-corrected chi connectivity index (χ3v) is 2.71. The summed E-state index contributed by atoms with van der Waals surface area (Å²) in [6, 6.07) is 0. The predicted octanol–water partition coefficient (Wildman–Crippen LogP) is 2.39. The summed E-state index contributed by atoms with van der Waals surface area (Å²) < 4.78 is 0. The topological polar surface area (TPSA) is 17.1 Å². The van der Waals surface area contributed by atoms with E-state index in [9.17, 15) is 4.79 Å². The lowest BCUT2D eigenvalue weighted by Crippen LogP contribution is -1.95. The number of carbonyl (C=O) groups excluding carboxylic acids is 1. The van der Waals surface area contributed by atoms with E-state index in [1.165, 1.54) is 12.8 Å². The molecule has 1 saturated carbocycles. The number of alkyl halides is 1. The molecule has 1 rings (SSSR count). The van der Waals surface area contributed by atoms with Crippen molar-refractivity contribution in [1.82, 2.24) is 0 Å². The number of carbonyl (C=O) groups is 1. The van der Waals surface area contributed by atoms with E-state index in [1.54, 1.807) is 6.92 Å². The Morgan fingerprint density at radius 3 is 2.80 bits per heavy atom. The molecule has 1 aliphatic rings. The second-order valence-electron chi connectivity index (χ2n) is 3.04. The minimum absolute atomic E-state index is 0.388. The molecule has 0 aromatic rings. The van der Waals surface area contributed by atoms with Crippen LogP contribution in [0.3, 0.4) is 0 Å². The van der Waals surface area contributed by atoms with Crippen LogP contribution < -0.4 is 0 Å². The summed E-state index contributed by atoms with van der Waals surface area (Å²) in [6.45, 7) is 1.71. The van der Waals surface area contributed by atoms with E-state index in [-0.39, 0.29) is 0 Å². The van der Waals surface area contributed by atoms with Gasteiger partial charge in [-0.2, -0.15) is 0 Å². The SMILES string of the molecule is CC(=O)C1CC1CCCBr. The number of hydrogen-bond donors (Lipinski definition) is 0. The lowest BCUT2D eigenvalue weighted by Gasteiger charge is -1.92. The van der Waals surface area contributed by atoms with Crippen molar-refractivity contribution in [1.29, 1.82) is 0 Å². The van der Waals surface area contributed by atoms with Crippen LogP contribution in [0.5, 0.6) is 0 Å². The normalized spacial score (nSPS) is 30.2. The Labute approximate surface area is 70.3 Å². The number of halogens is 1. The van der Waals surface area contributed by atoms with Gasteiger partial charge in [0.15, 0.2) is 0 Å². The molecule has 2 atom stereocenters. The van der Waals surface area contributed by atoms with E-state index < -0.39 is 0 Å². The van der Waals surface area contributed by atoms with Crippen LogP contribution in [0.15, 0.2) is 0 Å². The smallest absolute Gasteiger partial charge is 0.133 e. The van der Waals surface area contributed by atoms with Crippen molar-refractivity contribution < 1.29 is 4.79 Å². The Morgan fingerprint density at radius 1 is 1.70 bits per heavy atom. The highest BCUT2D eigenvalue weighted by Gasteiger charge is 2.39. The Morgan fingerprint density at radius 2 is 2.40 bits per heavy atom. The van der Waals surface area contributed by atoms with Gasteiger partial charge in [0, 0.05) is 11.2 Å². The van der Waals surface area contributed by atoms with Crippen LogP contribution in [0, 0.1) is 11.8 Å². The van der Waals surface area contributed by atoms with Crippen molar-refractivity contribution in [2.45, 2.75) is 26.2 Å². The molecule has 0 aliphatic heterocycles. The van der Waals surface area contributed by atoms with E-state index >= 15 is 0 Å². The third-order valence-electron chi connectivity index (χ3n) is 2.15. The van der Waals surface area contributed by atoms with Gasteiger partial charge in [0.2, 0.25) is 0 Å². The summed E-state index contributed by atoms with van der Waals surface area (Å²) in [5.74, 6) is 1.55. The Kier molecular flexibility index (Phi) is 2.90. The summed E-state index contributed by atoms with van der Waals surface area (Å²) >= 11 is 3.38. The van der Waals surface area contributed by atoms with Gasteiger partial charge in [-0.15, -0.1) is 0 Å². The predicted molar refractivity (Wildman–Crippen MR) is 45.3 cm³/mol. The maximum atomic E-state index is 10.8. The highest BCUT2D eigenvalue weighted by molar-refractivity contribution is 9.09. The zero-order chi connectivity index (χ0) is 7.56. The summed E-state index contributed by atoms with van der Waals surface area (Å²) in [5.41, 5.74) is 0. The summed E-state index contributed by atoms with van der Waals surface area (Å²) in [5, 5.41) is 1.08. The molecular formula is C8H13BrO. The molecule has 10 heavy (non-hydrogen) atoms. The number of ketones is 1. The molecular weight excluding hydrogens is 192 g/mol. The average Bonchev–Trinajstić information content (AvgIpc) is 2.62. The van der Waals surface area contributed by atoms with E-state index in [1.807, 2.05) is 0 Å². The fraction of sp³-hybridized carbons (Fsp3) is 0.875. The van der Waals surface area contributed by atoms with Gasteiger partial charge in [-0.1, -0.05) is 15.9 Å². The zero-order valence-corrected chi connectivity index (χ0v) is 7.86. The maximum Gasteiger partial charge on any atom is 0.133 e. The van der Waals surface area contributed by atoms with Gasteiger partial charge in [-0.05, 0) is 32.1 Å². The first-order valence-electron chi connectivity index (χ1n) is 3.82. The van der Waals surface area contributed by atoms with E-state index in [4.69, 9.17) is 0 Å². The van der Waals surface area contributed by atoms with Crippen LogP contribution in [0.2, 0.25) is 0 Å². The van der Waals surface area contributed by atoms with Crippen LogP contribution >= 0.6 is 15.9 Å². The monoisotopic (exact) mass is 204 g/mol. The lowest BCUT2D eigenvalue weighted by molar-refractivity contribution is -0.118. The Hall–Kier alpha value is 0.150. The van der Waals surface area contributed by atoms with Gasteiger partial charge in [0.25, 0.3) is 0 Å². The largest absolute Gasteiger partial charge is 0.300 e. The van der Waals surface area contributed by atoms with Crippen molar-refractivity contribution in [3.8, 4) is 0 Å². The van der Waals surface area contributed by atoms with Gasteiger partial charge in [0.1, 0.15) is 5.78 Å². The summed E-state index contributed by atoms with van der Waals surface area (Å²) in [4.78, 5) is 10.8. The van der Waals surface area contributed by atoms with Gasteiger partial charge in [-0.3, -0.25) is 4.79 Å². The molecule has 58 valence electrons. The molecule has 0 spiro atoms. The van der Waals surface area contributed by atoms with E-state index in [0.29, 0.717) is 11.7 Å². The van der Waals surface area contributed by atoms with Gasteiger partial charge in [0.05, 0.1) is 0 Å². The van der Waals surface area contributed by atoms with Crippen molar-refractivity contribution in [3.05, 3.63) is 0 Å². The van der Waals surface area contributed by atoms with Gasteiger partial charge < -0.3 is 0 Å². The zero-order valence-electron chi connectivity index (χ0n) is 6.27. The number of Topliss-reactive ketones (excluding diaryl/α,β-unsaturated/α-hetero) is 1. The quantitative estimate of drug-likeness (QED) is 0.644. The lowest BCUT2D eigenvalue weighted by atomic mass is 10.2. The minimum Gasteiger partial charge on any atom is -0.300 e. The molecule has 0 saturated heterocycles. The van der Waals surface area contributed by atoms with Crippen LogP contribution in [-0.2, 0) is 4.79 Å². The second kappa shape index (κ2) is 3.51. The molecule has 2 heteroatoms. The highest BCUT2D eigenvalue weighted by atomic mass is 79.9. The van der Waals surface area contributed by atoms with Crippen molar-refractivity contribution >= 4 is 21.7 Å². The van der Waals surface area contributed by atoms with Crippen molar-refractivity contribution in [3.63, 3.8) is 0 Å². The Bertz CT molecular complexity index is 133. The molecule has 0 aromatic heterocycles. The molecule has 2 unspecified atom stereocenters. The standard InChI is InChI=1S/C8H13BrO/c1-6(10)8-5-7(8)3-2-4-9/h7-8H,2-5H2,1H3. The Balaban J connectivity index is 2.08. The molecule has 0 N–H and O–H groups in total. The van der Waals surface area contributed by atoms with Crippen LogP contribution in [-0.4, -0.2) is 11.1 Å². The van der Waals surface area contributed by atoms with E-state index in [2.05, 4.69) is 15.9 Å². The van der Waals surface area contributed by atoms with Gasteiger partial charge >= 0.3 is 0 Å². The van der Waals surface area contributed by atoms with Gasteiger partial charge in [-0.25, -0.2) is 0 Å². The number of hydrogen-bond acceptors (Lipinski definition) is 1. The molecule has 1 nitrogen and oxygen atoms in total. The average molecular weight is 205 g/mol. The fourth-order valence-corrected chi connectivity index (χ4v) is 1.73. The first kappa shape index (κ1) is 8.25. The first-order chi connectivity index (χ1) is 4.75. The molecule has 0 amide bonds. The maximum absolute atomic E-state index is 10.8. The first-order valence-corrected chi connectivity index (χ1v) is 4.94. The molecule has 1 fully saturated rings. The van der Waals surface area contributed by atoms with Crippen LogP contribution in [0.1, 0.15) is 26.2 Å². The molecule has 0 bridgehead atoms. The van der Waals surface area contributed by atoms with Crippen molar-refractivity contribution in [2.75, 3.05) is 5.33 Å². The summed E-state index contributed by atoms with van der Waals surface area (Å²) in [6.07, 6.45) is 3.60. The minimum atomic E-state index is 0.388.